The maximum atomic E-state index is 4.36. The van der Waals surface area contributed by atoms with Crippen molar-refractivity contribution < 1.29 is 0 Å². The number of hydrogen-bond acceptors (Lipinski definition) is 4. The van der Waals surface area contributed by atoms with Crippen LogP contribution in [0.3, 0.4) is 0 Å². The Kier molecular flexibility index (Phi) is 2.60. The molecule has 4 nitrogen and oxygen atoms in total. The molecule has 0 atom stereocenters. The van der Waals surface area contributed by atoms with E-state index in [2.05, 4.69) is 15.4 Å². The third-order valence-electron chi connectivity index (χ3n) is 1.94. The van der Waals surface area contributed by atoms with E-state index in [9.17, 15) is 0 Å². The second-order valence-corrected chi connectivity index (χ2v) is 4.12. The van der Waals surface area contributed by atoms with Gasteiger partial charge in [0.05, 0.1) is 5.69 Å². The Morgan fingerprint density at radius 3 is 3.07 bits per heavy atom. The molecule has 1 N–H and O–H groups in total. The Balaban J connectivity index is 2.29. The van der Waals surface area contributed by atoms with Crippen LogP contribution in [0.5, 0.6) is 0 Å². The molecule has 2 aromatic rings. The van der Waals surface area contributed by atoms with Gasteiger partial charge in [0, 0.05) is 30.9 Å². The summed E-state index contributed by atoms with van der Waals surface area (Å²) in [5, 5.41) is 8.24. The number of nitrogens with one attached hydrogen (secondary N) is 1. The third kappa shape index (κ3) is 1.69. The molecule has 14 heavy (non-hydrogen) atoms. The highest BCUT2D eigenvalue weighted by atomic mass is 32.1. The van der Waals surface area contributed by atoms with Crippen molar-refractivity contribution >= 4 is 11.3 Å². The molecule has 0 fully saturated rings. The fourth-order valence-corrected chi connectivity index (χ4v) is 2.25. The highest BCUT2D eigenvalue weighted by molar-refractivity contribution is 7.15. The van der Waals surface area contributed by atoms with E-state index >= 15 is 0 Å². The minimum Gasteiger partial charge on any atom is -0.315 e. The molecular weight excluding hydrogens is 196 g/mol. The second kappa shape index (κ2) is 3.89. The van der Waals surface area contributed by atoms with Crippen molar-refractivity contribution in [3.05, 3.63) is 23.3 Å². The van der Waals surface area contributed by atoms with Crippen molar-refractivity contribution in [2.45, 2.75) is 6.54 Å². The van der Waals surface area contributed by atoms with Crippen molar-refractivity contribution in [1.82, 2.24) is 20.1 Å². The number of aryl methyl sites for hydroxylation is 1. The van der Waals surface area contributed by atoms with E-state index in [1.807, 2.05) is 31.0 Å². The SMILES string of the molecule is CNCc1cnc(-c2ccnn2C)s1. The van der Waals surface area contributed by atoms with Gasteiger partial charge in [-0.3, -0.25) is 4.68 Å². The molecule has 5 heteroatoms. The zero-order valence-electron chi connectivity index (χ0n) is 8.19. The van der Waals surface area contributed by atoms with Crippen LogP contribution in [0.25, 0.3) is 10.7 Å². The first-order valence-corrected chi connectivity index (χ1v) is 5.20. The molecule has 0 saturated heterocycles. The van der Waals surface area contributed by atoms with Crippen LogP contribution < -0.4 is 5.32 Å². The average Bonchev–Trinajstić information content (AvgIpc) is 2.74. The van der Waals surface area contributed by atoms with E-state index in [1.165, 1.54) is 4.88 Å². The maximum Gasteiger partial charge on any atom is 0.141 e. The highest BCUT2D eigenvalue weighted by Gasteiger charge is 2.07. The number of rotatable bonds is 3. The smallest absolute Gasteiger partial charge is 0.141 e. The standard InChI is InChI=1S/C9H12N4S/c1-10-5-7-6-11-9(14-7)8-3-4-12-13(8)2/h3-4,6,10H,5H2,1-2H3. The fraction of sp³-hybridized carbons (Fsp3) is 0.333. The van der Waals surface area contributed by atoms with E-state index in [0.29, 0.717) is 0 Å². The number of thiazole rings is 1. The summed E-state index contributed by atoms with van der Waals surface area (Å²) < 4.78 is 1.84. The first-order valence-electron chi connectivity index (χ1n) is 4.39. The summed E-state index contributed by atoms with van der Waals surface area (Å²) in [5.41, 5.74) is 1.07. The van der Waals surface area contributed by atoms with Crippen molar-refractivity contribution in [2.75, 3.05) is 7.05 Å². The average molecular weight is 208 g/mol. The molecule has 74 valence electrons. The summed E-state index contributed by atoms with van der Waals surface area (Å²) in [4.78, 5) is 5.60. The van der Waals surface area contributed by atoms with Crippen molar-refractivity contribution in [1.29, 1.82) is 0 Å². The monoisotopic (exact) mass is 208 g/mol. The fourth-order valence-electron chi connectivity index (χ4n) is 1.27. The molecular formula is C9H12N4S. The third-order valence-corrected chi connectivity index (χ3v) is 2.96. The number of nitrogens with zero attached hydrogens (tertiary/aromatic N) is 3. The molecule has 0 aliphatic rings. The molecule has 0 radical (unpaired) electrons. The van der Waals surface area contributed by atoms with E-state index < -0.39 is 0 Å². The van der Waals surface area contributed by atoms with Crippen LogP contribution >= 0.6 is 11.3 Å². The Hall–Kier alpha value is -1.20. The number of aromatic nitrogens is 3. The molecule has 0 unspecified atom stereocenters. The summed E-state index contributed by atoms with van der Waals surface area (Å²) in [6, 6.07) is 1.97. The maximum absolute atomic E-state index is 4.36. The summed E-state index contributed by atoms with van der Waals surface area (Å²) in [5.74, 6) is 0. The largest absolute Gasteiger partial charge is 0.315 e. The topological polar surface area (TPSA) is 42.7 Å². The van der Waals surface area contributed by atoms with Gasteiger partial charge in [0.2, 0.25) is 0 Å². The predicted molar refractivity (Wildman–Crippen MR) is 57.1 cm³/mol. The van der Waals surface area contributed by atoms with Gasteiger partial charge in [0.1, 0.15) is 5.01 Å². The van der Waals surface area contributed by atoms with Crippen molar-refractivity contribution in [2.24, 2.45) is 7.05 Å². The lowest BCUT2D eigenvalue weighted by Crippen LogP contribution is -2.02. The minimum absolute atomic E-state index is 0.871. The zero-order chi connectivity index (χ0) is 9.97. The van der Waals surface area contributed by atoms with Gasteiger partial charge in [0.25, 0.3) is 0 Å². The number of hydrogen-bond donors (Lipinski definition) is 1. The van der Waals surface area contributed by atoms with Crippen LogP contribution in [0.2, 0.25) is 0 Å². The summed E-state index contributed by atoms with van der Waals surface area (Å²) in [6.07, 6.45) is 3.69. The van der Waals surface area contributed by atoms with Gasteiger partial charge in [-0.25, -0.2) is 4.98 Å². The first-order chi connectivity index (χ1) is 6.81. The Labute approximate surface area is 86.6 Å². The van der Waals surface area contributed by atoms with Crippen LogP contribution in [0, 0.1) is 0 Å². The van der Waals surface area contributed by atoms with E-state index in [0.717, 1.165) is 17.2 Å². The summed E-state index contributed by atoms with van der Waals surface area (Å²) in [6.45, 7) is 0.871. The van der Waals surface area contributed by atoms with Crippen LogP contribution in [-0.2, 0) is 13.6 Å². The molecule has 2 aromatic heterocycles. The van der Waals surface area contributed by atoms with E-state index in [-0.39, 0.29) is 0 Å². The van der Waals surface area contributed by atoms with Crippen LogP contribution in [0.15, 0.2) is 18.5 Å². The molecule has 0 saturated carbocycles. The van der Waals surface area contributed by atoms with Gasteiger partial charge < -0.3 is 5.32 Å². The lowest BCUT2D eigenvalue weighted by Gasteiger charge is -1.95. The highest BCUT2D eigenvalue weighted by Crippen LogP contribution is 2.23. The van der Waals surface area contributed by atoms with Gasteiger partial charge >= 0.3 is 0 Å². The zero-order valence-corrected chi connectivity index (χ0v) is 9.01. The van der Waals surface area contributed by atoms with Crippen LogP contribution in [0.4, 0.5) is 0 Å². The Bertz CT molecular complexity index is 418. The van der Waals surface area contributed by atoms with Gasteiger partial charge in [0.15, 0.2) is 0 Å². The molecule has 0 amide bonds. The van der Waals surface area contributed by atoms with Crippen molar-refractivity contribution in [3.63, 3.8) is 0 Å². The Morgan fingerprint density at radius 2 is 2.43 bits per heavy atom. The lowest BCUT2D eigenvalue weighted by molar-refractivity contribution is 0.775. The summed E-state index contributed by atoms with van der Waals surface area (Å²) >= 11 is 1.69. The Morgan fingerprint density at radius 1 is 1.57 bits per heavy atom. The second-order valence-electron chi connectivity index (χ2n) is 3.00. The molecule has 0 aliphatic carbocycles. The molecule has 0 bridgehead atoms. The first kappa shape index (κ1) is 9.36. The molecule has 0 spiro atoms. The lowest BCUT2D eigenvalue weighted by atomic mass is 10.4. The van der Waals surface area contributed by atoms with Gasteiger partial charge in [-0.2, -0.15) is 5.10 Å². The van der Waals surface area contributed by atoms with Crippen LogP contribution in [-0.4, -0.2) is 21.8 Å². The normalized spacial score (nSPS) is 10.7. The molecule has 0 aromatic carbocycles. The minimum atomic E-state index is 0.871. The van der Waals surface area contributed by atoms with E-state index in [4.69, 9.17) is 0 Å². The van der Waals surface area contributed by atoms with Gasteiger partial charge in [-0.1, -0.05) is 0 Å². The van der Waals surface area contributed by atoms with Gasteiger partial charge in [-0.15, -0.1) is 11.3 Å². The van der Waals surface area contributed by atoms with E-state index in [1.54, 1.807) is 17.5 Å². The predicted octanol–water partition coefficient (Wildman–Crippen LogP) is 1.26. The van der Waals surface area contributed by atoms with Crippen molar-refractivity contribution in [3.8, 4) is 10.7 Å². The molecule has 2 rings (SSSR count). The quantitative estimate of drug-likeness (QED) is 0.826. The van der Waals surface area contributed by atoms with Crippen LogP contribution in [0.1, 0.15) is 4.88 Å². The molecule has 2 heterocycles. The molecule has 0 aliphatic heterocycles. The summed E-state index contributed by atoms with van der Waals surface area (Å²) in [7, 11) is 3.86. The van der Waals surface area contributed by atoms with Gasteiger partial charge in [-0.05, 0) is 13.1 Å².